The lowest BCUT2D eigenvalue weighted by atomic mass is 9.87. The molecule has 0 spiro atoms. The summed E-state index contributed by atoms with van der Waals surface area (Å²) in [5.41, 5.74) is 1.25. The zero-order chi connectivity index (χ0) is 19.1. The molecular formula is C24H36ClN2O2. The molecule has 1 saturated carbocycles. The summed E-state index contributed by atoms with van der Waals surface area (Å²) in [6, 6.07) is 5.35. The Hall–Kier alpha value is -1.10. The van der Waals surface area contributed by atoms with Crippen LogP contribution in [0.15, 0.2) is 18.2 Å². The molecule has 2 aliphatic rings. The number of hydrogen-bond acceptors (Lipinski definition) is 3. The third kappa shape index (κ3) is 7.58. The molecule has 3 N–H and O–H groups in total. The van der Waals surface area contributed by atoms with Gasteiger partial charge in [0, 0.05) is 6.54 Å². The average molecular weight is 420 g/mol. The number of aliphatic hydroxyl groups is 1. The van der Waals surface area contributed by atoms with Gasteiger partial charge < -0.3 is 15.7 Å². The van der Waals surface area contributed by atoms with Gasteiger partial charge in [-0.3, -0.25) is 4.79 Å². The van der Waals surface area contributed by atoms with Crippen molar-refractivity contribution >= 4 is 17.5 Å². The fraction of sp³-hybridized carbons (Fsp3) is 0.583. The first-order valence-corrected chi connectivity index (χ1v) is 10.8. The highest BCUT2D eigenvalue weighted by molar-refractivity contribution is 6.33. The van der Waals surface area contributed by atoms with Gasteiger partial charge in [-0.15, -0.1) is 0 Å². The second kappa shape index (κ2) is 13.3. The Morgan fingerprint density at radius 3 is 2.38 bits per heavy atom. The van der Waals surface area contributed by atoms with E-state index in [2.05, 4.69) is 10.6 Å². The SMILES string of the molecule is O=C(NC[C]1CCCCCCC1)c1cc(C(O)C2CCNCC2)ccc1Cl.[CH2].[CH2]. The van der Waals surface area contributed by atoms with E-state index >= 15 is 0 Å². The van der Waals surface area contributed by atoms with E-state index in [-0.39, 0.29) is 26.7 Å². The highest BCUT2D eigenvalue weighted by Crippen LogP contribution is 2.31. The number of carbonyl (C=O) groups is 1. The molecule has 1 amide bonds. The molecule has 1 unspecified atom stereocenters. The lowest BCUT2D eigenvalue weighted by Gasteiger charge is -2.27. The van der Waals surface area contributed by atoms with Gasteiger partial charge in [0.2, 0.25) is 0 Å². The van der Waals surface area contributed by atoms with Crippen LogP contribution in [0.25, 0.3) is 0 Å². The molecule has 3 rings (SSSR count). The fourth-order valence-corrected chi connectivity index (χ4v) is 4.42. The Morgan fingerprint density at radius 2 is 1.72 bits per heavy atom. The summed E-state index contributed by atoms with van der Waals surface area (Å²) in [7, 11) is 0. The van der Waals surface area contributed by atoms with Crippen LogP contribution in [-0.2, 0) is 0 Å². The van der Waals surface area contributed by atoms with Crippen LogP contribution >= 0.6 is 11.6 Å². The van der Waals surface area contributed by atoms with Crippen molar-refractivity contribution in [2.24, 2.45) is 5.92 Å². The Balaban J connectivity index is 0.00000210. The van der Waals surface area contributed by atoms with Crippen molar-refractivity contribution in [3.8, 4) is 0 Å². The Morgan fingerprint density at radius 1 is 1.10 bits per heavy atom. The predicted molar refractivity (Wildman–Crippen MR) is 121 cm³/mol. The van der Waals surface area contributed by atoms with Gasteiger partial charge in [0.25, 0.3) is 5.91 Å². The molecule has 1 saturated heterocycles. The first-order valence-electron chi connectivity index (χ1n) is 10.4. The van der Waals surface area contributed by atoms with Crippen LogP contribution in [0.1, 0.15) is 79.8 Å². The number of halogens is 1. The van der Waals surface area contributed by atoms with Gasteiger partial charge in [0.15, 0.2) is 0 Å². The van der Waals surface area contributed by atoms with Crippen molar-refractivity contribution in [1.82, 2.24) is 10.6 Å². The monoisotopic (exact) mass is 419 g/mol. The van der Waals surface area contributed by atoms with Crippen LogP contribution in [0, 0.1) is 26.7 Å². The van der Waals surface area contributed by atoms with Crippen molar-refractivity contribution in [2.45, 2.75) is 63.9 Å². The van der Waals surface area contributed by atoms with E-state index in [0.29, 0.717) is 17.1 Å². The van der Waals surface area contributed by atoms with Gasteiger partial charge in [-0.05, 0) is 68.3 Å². The zero-order valence-corrected chi connectivity index (χ0v) is 18.3. The molecular weight excluding hydrogens is 384 g/mol. The maximum Gasteiger partial charge on any atom is 0.252 e. The number of rotatable bonds is 5. The molecule has 2 fully saturated rings. The first kappa shape index (κ1) is 25.9. The number of aliphatic hydroxyl groups excluding tert-OH is 1. The summed E-state index contributed by atoms with van der Waals surface area (Å²) < 4.78 is 0. The minimum absolute atomic E-state index is 0. The van der Waals surface area contributed by atoms with Gasteiger partial charge in [-0.25, -0.2) is 0 Å². The van der Waals surface area contributed by atoms with Crippen LogP contribution in [0.2, 0.25) is 5.02 Å². The normalized spacial score (nSPS) is 19.8. The molecule has 29 heavy (non-hydrogen) atoms. The predicted octanol–water partition coefficient (Wildman–Crippen LogP) is 5.08. The first-order chi connectivity index (χ1) is 13.1. The van der Waals surface area contributed by atoms with Crippen LogP contribution in [0.4, 0.5) is 0 Å². The second-order valence-corrected chi connectivity index (χ2v) is 8.38. The Kier molecular flexibility index (Phi) is 11.9. The van der Waals surface area contributed by atoms with E-state index in [1.807, 2.05) is 6.07 Å². The van der Waals surface area contributed by atoms with Crippen LogP contribution in [-0.4, -0.2) is 30.6 Å². The third-order valence-electron chi connectivity index (χ3n) is 5.97. The quantitative estimate of drug-likeness (QED) is 0.623. The number of carbonyl (C=O) groups excluding carboxylic acids is 1. The van der Waals surface area contributed by atoms with Crippen LogP contribution in [0.3, 0.4) is 0 Å². The molecule has 1 aromatic carbocycles. The summed E-state index contributed by atoms with van der Waals surface area (Å²) in [6.07, 6.45) is 9.95. The van der Waals surface area contributed by atoms with Gasteiger partial charge >= 0.3 is 0 Å². The van der Waals surface area contributed by atoms with Crippen molar-refractivity contribution < 1.29 is 9.90 Å². The summed E-state index contributed by atoms with van der Waals surface area (Å²) >= 11 is 6.29. The average Bonchev–Trinajstić information content (AvgIpc) is 2.67. The van der Waals surface area contributed by atoms with Gasteiger partial charge in [-0.2, -0.15) is 0 Å². The maximum absolute atomic E-state index is 12.7. The fourth-order valence-electron chi connectivity index (χ4n) is 4.22. The van der Waals surface area contributed by atoms with E-state index in [1.54, 1.807) is 12.1 Å². The minimum atomic E-state index is -0.545. The lowest BCUT2D eigenvalue weighted by Crippen LogP contribution is -2.31. The van der Waals surface area contributed by atoms with E-state index in [1.165, 1.54) is 38.0 Å². The van der Waals surface area contributed by atoms with Crippen molar-refractivity contribution in [2.75, 3.05) is 19.6 Å². The minimum Gasteiger partial charge on any atom is -0.388 e. The molecule has 5 radical (unpaired) electrons. The van der Waals surface area contributed by atoms with E-state index in [9.17, 15) is 9.90 Å². The molecule has 1 atom stereocenters. The van der Waals surface area contributed by atoms with E-state index in [0.717, 1.165) is 44.3 Å². The second-order valence-electron chi connectivity index (χ2n) is 7.97. The lowest BCUT2D eigenvalue weighted by molar-refractivity contribution is 0.0885. The molecule has 1 aliphatic heterocycles. The molecule has 4 nitrogen and oxygen atoms in total. The van der Waals surface area contributed by atoms with E-state index < -0.39 is 6.10 Å². The highest BCUT2D eigenvalue weighted by Gasteiger charge is 2.24. The summed E-state index contributed by atoms with van der Waals surface area (Å²) in [4.78, 5) is 12.7. The molecule has 0 bridgehead atoms. The number of amides is 1. The summed E-state index contributed by atoms with van der Waals surface area (Å²) in [5, 5.41) is 17.5. The van der Waals surface area contributed by atoms with Gasteiger partial charge in [0.05, 0.1) is 16.7 Å². The molecule has 1 heterocycles. The number of piperidine rings is 1. The number of benzene rings is 1. The van der Waals surface area contributed by atoms with E-state index in [4.69, 9.17) is 11.6 Å². The molecule has 5 heteroatoms. The number of hydrogen-bond donors (Lipinski definition) is 3. The van der Waals surface area contributed by atoms with Gasteiger partial charge in [0.1, 0.15) is 0 Å². The van der Waals surface area contributed by atoms with Crippen molar-refractivity contribution in [3.63, 3.8) is 0 Å². The summed E-state index contributed by atoms with van der Waals surface area (Å²) in [6.45, 7) is 2.50. The Bertz CT molecular complexity index is 609. The highest BCUT2D eigenvalue weighted by atomic mass is 35.5. The maximum atomic E-state index is 12.7. The molecule has 1 aliphatic carbocycles. The Labute approximate surface area is 182 Å². The van der Waals surface area contributed by atoms with Crippen LogP contribution in [0.5, 0.6) is 0 Å². The molecule has 0 aromatic heterocycles. The molecule has 161 valence electrons. The largest absolute Gasteiger partial charge is 0.388 e. The van der Waals surface area contributed by atoms with Crippen molar-refractivity contribution in [1.29, 1.82) is 0 Å². The van der Waals surface area contributed by atoms with Gasteiger partial charge in [-0.1, -0.05) is 64.6 Å². The van der Waals surface area contributed by atoms with Crippen molar-refractivity contribution in [3.05, 3.63) is 55.1 Å². The standard InChI is InChI=1S/C22H32ClN2O2.2CH2/c23-20-9-8-18(21(26)17-10-12-24-13-11-17)14-19(20)22(27)25-15-16-6-4-2-1-3-5-7-16;;/h8-9,14,17,21,24,26H,1-7,10-13,15H2,(H,25,27);2*1H2. The number of nitrogens with one attached hydrogen (secondary N) is 2. The molecule has 1 aromatic rings. The summed E-state index contributed by atoms with van der Waals surface area (Å²) in [5.74, 6) is 1.52. The van der Waals surface area contributed by atoms with Crippen LogP contribution < -0.4 is 10.6 Å². The smallest absolute Gasteiger partial charge is 0.252 e. The zero-order valence-electron chi connectivity index (χ0n) is 17.5. The third-order valence-corrected chi connectivity index (χ3v) is 6.30. The topological polar surface area (TPSA) is 61.4 Å².